The Labute approximate surface area is 114 Å². The summed E-state index contributed by atoms with van der Waals surface area (Å²) in [6, 6.07) is 11.9. The van der Waals surface area contributed by atoms with Crippen molar-refractivity contribution >= 4 is 15.9 Å². The number of halogens is 1. The van der Waals surface area contributed by atoms with Crippen LogP contribution in [0.1, 0.15) is 29.8 Å². The van der Waals surface area contributed by atoms with Gasteiger partial charge in [-0.25, -0.2) is 0 Å². The highest BCUT2D eigenvalue weighted by Gasteiger charge is 2.27. The minimum absolute atomic E-state index is 0.00500. The van der Waals surface area contributed by atoms with Gasteiger partial charge in [-0.05, 0) is 34.1 Å². The molecule has 1 aliphatic rings. The van der Waals surface area contributed by atoms with Gasteiger partial charge in [0.15, 0.2) is 0 Å². The molecule has 1 aliphatic heterocycles. The molecule has 3 nitrogen and oxygen atoms in total. The molecule has 0 saturated carbocycles. The maximum absolute atomic E-state index is 6.19. The van der Waals surface area contributed by atoms with Crippen molar-refractivity contribution in [3.8, 4) is 5.75 Å². The predicted molar refractivity (Wildman–Crippen MR) is 73.3 cm³/mol. The Bertz CT molecular complexity index is 556. The molecule has 0 spiro atoms. The summed E-state index contributed by atoms with van der Waals surface area (Å²) in [6.07, 6.45) is 2.47. The summed E-state index contributed by atoms with van der Waals surface area (Å²) >= 11 is 3.38. The lowest BCUT2D eigenvalue weighted by molar-refractivity contribution is 0.157. The Hall–Kier alpha value is -1.39. The second-order valence-corrected chi connectivity index (χ2v) is 5.30. The summed E-state index contributed by atoms with van der Waals surface area (Å²) in [5.41, 5.74) is 8.18. The molecule has 2 heterocycles. The van der Waals surface area contributed by atoms with Gasteiger partial charge in [0, 0.05) is 28.7 Å². The van der Waals surface area contributed by atoms with Crippen molar-refractivity contribution < 1.29 is 4.74 Å². The van der Waals surface area contributed by atoms with Crippen LogP contribution in [0.25, 0.3) is 0 Å². The zero-order valence-electron chi connectivity index (χ0n) is 9.71. The number of hydrogen-bond donors (Lipinski definition) is 1. The maximum atomic E-state index is 6.19. The number of para-hydroxylation sites is 1. The van der Waals surface area contributed by atoms with E-state index in [9.17, 15) is 0 Å². The lowest BCUT2D eigenvalue weighted by Crippen LogP contribution is -2.24. The van der Waals surface area contributed by atoms with E-state index in [-0.39, 0.29) is 12.1 Å². The molecule has 2 atom stereocenters. The van der Waals surface area contributed by atoms with Gasteiger partial charge in [-0.15, -0.1) is 0 Å². The molecule has 0 aliphatic carbocycles. The molecule has 2 N–H and O–H groups in total. The number of fused-ring (bicyclic) bond motifs is 1. The van der Waals surface area contributed by atoms with E-state index in [0.29, 0.717) is 0 Å². The second kappa shape index (κ2) is 4.71. The highest BCUT2D eigenvalue weighted by atomic mass is 79.9. The first kappa shape index (κ1) is 11.7. The Balaban J connectivity index is 1.92. The van der Waals surface area contributed by atoms with Crippen LogP contribution in [0.2, 0.25) is 0 Å². The van der Waals surface area contributed by atoms with Crippen LogP contribution in [-0.2, 0) is 0 Å². The van der Waals surface area contributed by atoms with Crippen molar-refractivity contribution in [2.75, 3.05) is 0 Å². The highest BCUT2D eigenvalue weighted by Crippen LogP contribution is 2.38. The molecule has 1 aromatic heterocycles. The van der Waals surface area contributed by atoms with Crippen LogP contribution in [0.4, 0.5) is 0 Å². The molecular formula is C14H13BrN2O. The monoisotopic (exact) mass is 304 g/mol. The number of pyridine rings is 1. The molecule has 0 fully saturated rings. The van der Waals surface area contributed by atoms with Crippen molar-refractivity contribution in [1.82, 2.24) is 4.98 Å². The fraction of sp³-hybridized carbons (Fsp3) is 0.214. The van der Waals surface area contributed by atoms with Gasteiger partial charge in [0.1, 0.15) is 11.9 Å². The second-order valence-electron chi connectivity index (χ2n) is 4.39. The summed E-state index contributed by atoms with van der Waals surface area (Å²) in [5.74, 6) is 0.867. The van der Waals surface area contributed by atoms with E-state index < -0.39 is 0 Å². The Morgan fingerprint density at radius 3 is 2.83 bits per heavy atom. The van der Waals surface area contributed by atoms with Crippen molar-refractivity contribution in [3.05, 3.63) is 58.3 Å². The number of aromatic nitrogens is 1. The molecule has 2 unspecified atom stereocenters. The predicted octanol–water partition coefficient (Wildman–Crippen LogP) is 3.37. The summed E-state index contributed by atoms with van der Waals surface area (Å²) in [6.45, 7) is 0. The molecule has 0 radical (unpaired) electrons. The molecule has 4 heteroatoms. The standard InChI is InChI=1S/C14H13BrN2O/c15-9-5-6-12(17-8-9)14-7-11(16)10-3-1-2-4-13(10)18-14/h1-6,8,11,14H,7,16H2. The molecule has 0 amide bonds. The first-order valence-corrected chi connectivity index (χ1v) is 6.66. The van der Waals surface area contributed by atoms with Gasteiger partial charge >= 0.3 is 0 Å². The zero-order chi connectivity index (χ0) is 12.5. The van der Waals surface area contributed by atoms with Crippen LogP contribution in [0.3, 0.4) is 0 Å². The summed E-state index contributed by atoms with van der Waals surface area (Å²) in [7, 11) is 0. The Morgan fingerprint density at radius 2 is 2.06 bits per heavy atom. The molecule has 0 saturated heterocycles. The van der Waals surface area contributed by atoms with Crippen LogP contribution in [0.5, 0.6) is 5.75 Å². The quantitative estimate of drug-likeness (QED) is 0.879. The third kappa shape index (κ3) is 2.13. The number of nitrogens with two attached hydrogens (primary N) is 1. The smallest absolute Gasteiger partial charge is 0.142 e. The van der Waals surface area contributed by atoms with E-state index in [4.69, 9.17) is 10.5 Å². The van der Waals surface area contributed by atoms with E-state index >= 15 is 0 Å². The Kier molecular flexibility index (Phi) is 3.06. The van der Waals surface area contributed by atoms with Gasteiger partial charge in [0.2, 0.25) is 0 Å². The SMILES string of the molecule is NC1CC(c2ccc(Br)cn2)Oc2ccccc21. The van der Waals surface area contributed by atoms with E-state index in [2.05, 4.69) is 20.9 Å². The Morgan fingerprint density at radius 1 is 1.22 bits per heavy atom. The summed E-state index contributed by atoms with van der Waals surface area (Å²) in [4.78, 5) is 4.38. The van der Waals surface area contributed by atoms with Gasteiger partial charge in [-0.1, -0.05) is 18.2 Å². The molecule has 1 aromatic carbocycles. The van der Waals surface area contributed by atoms with Crippen molar-refractivity contribution in [3.63, 3.8) is 0 Å². The normalized spacial score (nSPS) is 22.1. The van der Waals surface area contributed by atoms with E-state index in [1.54, 1.807) is 6.20 Å². The zero-order valence-corrected chi connectivity index (χ0v) is 11.3. The van der Waals surface area contributed by atoms with Crippen molar-refractivity contribution in [2.45, 2.75) is 18.6 Å². The average molecular weight is 305 g/mol. The fourth-order valence-corrected chi connectivity index (χ4v) is 2.45. The van der Waals surface area contributed by atoms with Crippen LogP contribution in [-0.4, -0.2) is 4.98 Å². The van der Waals surface area contributed by atoms with Gasteiger partial charge in [0.05, 0.1) is 5.69 Å². The number of ether oxygens (including phenoxy) is 1. The van der Waals surface area contributed by atoms with Crippen molar-refractivity contribution in [2.24, 2.45) is 5.73 Å². The van der Waals surface area contributed by atoms with Crippen LogP contribution >= 0.6 is 15.9 Å². The van der Waals surface area contributed by atoms with E-state index in [0.717, 1.165) is 27.9 Å². The summed E-state index contributed by atoms with van der Waals surface area (Å²) in [5, 5.41) is 0. The molecule has 3 rings (SSSR count). The number of rotatable bonds is 1. The lowest BCUT2D eigenvalue weighted by atomic mass is 9.96. The molecular weight excluding hydrogens is 292 g/mol. The van der Waals surface area contributed by atoms with Crippen LogP contribution < -0.4 is 10.5 Å². The van der Waals surface area contributed by atoms with Crippen LogP contribution in [0, 0.1) is 0 Å². The largest absolute Gasteiger partial charge is 0.484 e. The molecule has 2 aromatic rings. The van der Waals surface area contributed by atoms with E-state index in [1.165, 1.54) is 0 Å². The first-order valence-electron chi connectivity index (χ1n) is 5.86. The average Bonchev–Trinajstić information content (AvgIpc) is 2.39. The minimum Gasteiger partial charge on any atom is -0.484 e. The van der Waals surface area contributed by atoms with Gasteiger partial charge in [-0.3, -0.25) is 4.98 Å². The van der Waals surface area contributed by atoms with Crippen molar-refractivity contribution in [1.29, 1.82) is 0 Å². The topological polar surface area (TPSA) is 48.1 Å². The number of benzene rings is 1. The fourth-order valence-electron chi connectivity index (χ4n) is 2.21. The number of nitrogens with zero attached hydrogens (tertiary/aromatic N) is 1. The van der Waals surface area contributed by atoms with Gasteiger partial charge in [-0.2, -0.15) is 0 Å². The minimum atomic E-state index is -0.0667. The van der Waals surface area contributed by atoms with Gasteiger partial charge in [0.25, 0.3) is 0 Å². The number of hydrogen-bond acceptors (Lipinski definition) is 3. The first-order chi connectivity index (χ1) is 8.74. The highest BCUT2D eigenvalue weighted by molar-refractivity contribution is 9.10. The third-order valence-corrected chi connectivity index (χ3v) is 3.60. The lowest BCUT2D eigenvalue weighted by Gasteiger charge is -2.29. The maximum Gasteiger partial charge on any atom is 0.142 e. The van der Waals surface area contributed by atoms with Gasteiger partial charge < -0.3 is 10.5 Å². The van der Waals surface area contributed by atoms with Crippen LogP contribution in [0.15, 0.2) is 47.1 Å². The molecule has 18 heavy (non-hydrogen) atoms. The molecule has 0 bridgehead atoms. The van der Waals surface area contributed by atoms with E-state index in [1.807, 2.05) is 36.4 Å². The summed E-state index contributed by atoms with van der Waals surface area (Å²) < 4.78 is 6.94. The molecule has 92 valence electrons. The third-order valence-electron chi connectivity index (χ3n) is 3.14.